The molecular weight excluding hydrogens is 368 g/mol. The molecule has 156 valence electrons. The minimum atomic E-state index is -1.61. The van der Waals surface area contributed by atoms with Crippen molar-refractivity contribution in [1.29, 1.82) is 0 Å². The van der Waals surface area contributed by atoms with E-state index in [9.17, 15) is 25.5 Å². The Morgan fingerprint density at radius 2 is 1.75 bits per heavy atom. The lowest BCUT2D eigenvalue weighted by molar-refractivity contribution is -0.190. The number of imidazole rings is 1. The fourth-order valence-corrected chi connectivity index (χ4v) is 3.33. The summed E-state index contributed by atoms with van der Waals surface area (Å²) in [5.41, 5.74) is 1.47. The summed E-state index contributed by atoms with van der Waals surface area (Å²) in [6.07, 6.45) is -1.04. The molecule has 0 spiro atoms. The zero-order chi connectivity index (χ0) is 20.3. The van der Waals surface area contributed by atoms with Crippen LogP contribution in [-0.2, 0) is 19.5 Å². The predicted molar refractivity (Wildman–Crippen MR) is 97.0 cm³/mol. The average molecular weight is 396 g/mol. The largest absolute Gasteiger partial charge is 0.389 e. The zero-order valence-corrected chi connectivity index (χ0v) is 15.7. The molecule has 1 saturated carbocycles. The SMILES string of the molecule is CCCCc1ncc(Cn2cc(CNC3[C@@H](O)[C@H](O)C(O)[C@H](O)[C@H]3O)nn2)[nH]1. The maximum Gasteiger partial charge on any atom is 0.111 e. The van der Waals surface area contributed by atoms with Gasteiger partial charge in [-0.2, -0.15) is 0 Å². The van der Waals surface area contributed by atoms with Gasteiger partial charge in [0.05, 0.1) is 36.4 Å². The minimum absolute atomic E-state index is 0.152. The molecule has 0 aliphatic heterocycles. The molecule has 0 aromatic carbocycles. The number of aromatic nitrogens is 5. The van der Waals surface area contributed by atoms with Crippen LogP contribution in [0, 0.1) is 0 Å². The standard InChI is InChI=1S/C17H28N6O5/c1-2-3-4-11-18-5-9(20-11)7-23-8-10(21-22-23)6-19-12-13(24)15(26)17(28)16(27)14(12)25/h5,8,12-17,19,24-28H,2-4,6-7H2,1H3,(H,18,20)/t12?,13-,14+,15+,16-,17?. The molecule has 28 heavy (non-hydrogen) atoms. The van der Waals surface area contributed by atoms with Gasteiger partial charge in [-0.1, -0.05) is 18.6 Å². The Morgan fingerprint density at radius 3 is 2.43 bits per heavy atom. The molecule has 3 rings (SSSR count). The van der Waals surface area contributed by atoms with Gasteiger partial charge in [-0.05, 0) is 6.42 Å². The van der Waals surface area contributed by atoms with E-state index >= 15 is 0 Å². The van der Waals surface area contributed by atoms with Crippen molar-refractivity contribution in [2.75, 3.05) is 0 Å². The van der Waals surface area contributed by atoms with Crippen molar-refractivity contribution < 1.29 is 25.5 Å². The fraction of sp³-hybridized carbons (Fsp3) is 0.706. The molecule has 0 amide bonds. The zero-order valence-electron chi connectivity index (χ0n) is 15.7. The van der Waals surface area contributed by atoms with Crippen LogP contribution in [-0.4, -0.2) is 87.1 Å². The highest BCUT2D eigenvalue weighted by atomic mass is 16.4. The van der Waals surface area contributed by atoms with Gasteiger partial charge >= 0.3 is 0 Å². The number of unbranched alkanes of at least 4 members (excludes halogenated alkanes) is 1. The summed E-state index contributed by atoms with van der Waals surface area (Å²) in [6, 6.07) is -1.02. The molecule has 1 fully saturated rings. The lowest BCUT2D eigenvalue weighted by Crippen LogP contribution is -2.67. The number of aliphatic hydroxyl groups excluding tert-OH is 5. The normalized spacial score (nSPS) is 30.6. The van der Waals surface area contributed by atoms with Crippen LogP contribution in [0.15, 0.2) is 12.4 Å². The van der Waals surface area contributed by atoms with E-state index in [1.165, 1.54) is 0 Å². The van der Waals surface area contributed by atoms with Gasteiger partial charge in [0.2, 0.25) is 0 Å². The van der Waals surface area contributed by atoms with Crippen LogP contribution in [0.1, 0.15) is 37.0 Å². The highest BCUT2D eigenvalue weighted by Gasteiger charge is 2.47. The summed E-state index contributed by atoms with van der Waals surface area (Å²) < 4.78 is 1.63. The first kappa shape index (κ1) is 20.8. The number of H-pyrrole nitrogens is 1. The number of nitrogens with one attached hydrogen (secondary N) is 2. The number of rotatable bonds is 8. The Morgan fingerprint density at radius 1 is 1.07 bits per heavy atom. The number of hydrogen-bond donors (Lipinski definition) is 7. The Bertz CT molecular complexity index is 736. The quantitative estimate of drug-likeness (QED) is 0.258. The van der Waals surface area contributed by atoms with Crippen LogP contribution < -0.4 is 5.32 Å². The van der Waals surface area contributed by atoms with Crippen LogP contribution in [0.2, 0.25) is 0 Å². The number of nitrogens with zero attached hydrogens (tertiary/aromatic N) is 4. The Kier molecular flexibility index (Phi) is 6.75. The van der Waals surface area contributed by atoms with Crippen LogP contribution in [0.4, 0.5) is 0 Å². The smallest absolute Gasteiger partial charge is 0.111 e. The molecule has 0 saturated heterocycles. The molecule has 1 aliphatic rings. The first-order valence-corrected chi connectivity index (χ1v) is 9.46. The Balaban J connectivity index is 1.55. The molecule has 0 bridgehead atoms. The molecule has 1 aliphatic carbocycles. The first-order valence-electron chi connectivity index (χ1n) is 9.46. The third-order valence-corrected chi connectivity index (χ3v) is 5.02. The number of hydrogen-bond acceptors (Lipinski definition) is 9. The average Bonchev–Trinajstić information content (AvgIpc) is 3.33. The van der Waals surface area contributed by atoms with Crippen molar-refractivity contribution in [1.82, 2.24) is 30.3 Å². The second-order valence-electron chi connectivity index (χ2n) is 7.23. The van der Waals surface area contributed by atoms with Gasteiger partial charge in [-0.25, -0.2) is 9.67 Å². The minimum Gasteiger partial charge on any atom is -0.389 e. The van der Waals surface area contributed by atoms with Crippen molar-refractivity contribution in [3.05, 3.63) is 29.6 Å². The monoisotopic (exact) mass is 396 g/mol. The fourth-order valence-electron chi connectivity index (χ4n) is 3.33. The lowest BCUT2D eigenvalue weighted by atomic mass is 9.83. The lowest BCUT2D eigenvalue weighted by Gasteiger charge is -2.42. The summed E-state index contributed by atoms with van der Waals surface area (Å²) in [6.45, 7) is 2.76. The number of aryl methyl sites for hydroxylation is 1. The summed E-state index contributed by atoms with van der Waals surface area (Å²) in [4.78, 5) is 7.59. The van der Waals surface area contributed by atoms with Crippen LogP contribution in [0.3, 0.4) is 0 Å². The van der Waals surface area contributed by atoms with Crippen molar-refractivity contribution in [2.24, 2.45) is 0 Å². The third kappa shape index (κ3) is 4.57. The maximum atomic E-state index is 10.0. The van der Waals surface area contributed by atoms with E-state index in [1.807, 2.05) is 0 Å². The van der Waals surface area contributed by atoms with Gasteiger partial charge in [-0.15, -0.1) is 5.10 Å². The van der Waals surface area contributed by atoms with Crippen molar-refractivity contribution in [3.63, 3.8) is 0 Å². The molecule has 6 atom stereocenters. The number of aromatic amines is 1. The summed E-state index contributed by atoms with van der Waals surface area (Å²) in [7, 11) is 0. The highest BCUT2D eigenvalue weighted by Crippen LogP contribution is 2.21. The van der Waals surface area contributed by atoms with Gasteiger partial charge in [0, 0.05) is 13.0 Å². The van der Waals surface area contributed by atoms with Crippen LogP contribution in [0.5, 0.6) is 0 Å². The van der Waals surface area contributed by atoms with Crippen LogP contribution in [0.25, 0.3) is 0 Å². The first-order chi connectivity index (χ1) is 13.4. The van der Waals surface area contributed by atoms with Crippen LogP contribution >= 0.6 is 0 Å². The molecule has 2 heterocycles. The third-order valence-electron chi connectivity index (χ3n) is 5.02. The Hall–Kier alpha value is -1.89. The van der Waals surface area contributed by atoms with Gasteiger partial charge < -0.3 is 35.8 Å². The predicted octanol–water partition coefficient (Wildman–Crippen LogP) is -2.33. The summed E-state index contributed by atoms with van der Waals surface area (Å²) in [5, 5.41) is 60.2. The molecule has 2 unspecified atom stereocenters. The highest BCUT2D eigenvalue weighted by molar-refractivity contribution is 5.05. The van der Waals surface area contributed by atoms with E-state index in [2.05, 4.69) is 32.5 Å². The molecule has 11 nitrogen and oxygen atoms in total. The van der Waals surface area contributed by atoms with E-state index in [-0.39, 0.29) is 6.54 Å². The van der Waals surface area contributed by atoms with Gasteiger partial charge in [-0.3, -0.25) is 0 Å². The topological polar surface area (TPSA) is 173 Å². The molecule has 2 aromatic rings. The van der Waals surface area contributed by atoms with Crippen molar-refractivity contribution in [3.8, 4) is 0 Å². The maximum absolute atomic E-state index is 10.0. The van der Waals surface area contributed by atoms with Gasteiger partial charge in [0.1, 0.15) is 36.3 Å². The van der Waals surface area contributed by atoms with E-state index < -0.39 is 36.6 Å². The van der Waals surface area contributed by atoms with Gasteiger partial charge in [0.15, 0.2) is 0 Å². The second kappa shape index (κ2) is 9.07. The Labute approximate surface area is 162 Å². The van der Waals surface area contributed by atoms with E-state index in [1.54, 1.807) is 17.1 Å². The molecule has 11 heteroatoms. The molecular formula is C17H28N6O5. The van der Waals surface area contributed by atoms with E-state index in [4.69, 9.17) is 0 Å². The van der Waals surface area contributed by atoms with Gasteiger partial charge in [0.25, 0.3) is 0 Å². The van der Waals surface area contributed by atoms with E-state index in [0.29, 0.717) is 12.2 Å². The molecule has 0 radical (unpaired) electrons. The van der Waals surface area contributed by atoms with Crippen molar-refractivity contribution in [2.45, 2.75) is 75.8 Å². The van der Waals surface area contributed by atoms with E-state index in [0.717, 1.165) is 30.8 Å². The second-order valence-corrected chi connectivity index (χ2v) is 7.23. The summed E-state index contributed by atoms with van der Waals surface area (Å²) in [5.74, 6) is 0.943. The summed E-state index contributed by atoms with van der Waals surface area (Å²) >= 11 is 0. The number of aliphatic hydroxyl groups is 5. The molecule has 2 aromatic heterocycles. The molecule has 7 N–H and O–H groups in total. The van der Waals surface area contributed by atoms with Crippen molar-refractivity contribution >= 4 is 0 Å².